The summed E-state index contributed by atoms with van der Waals surface area (Å²) in [5, 5.41) is 17.9. The first-order valence-electron chi connectivity index (χ1n) is 7.12. The Labute approximate surface area is 143 Å². The van der Waals surface area contributed by atoms with Crippen molar-refractivity contribution in [1.29, 1.82) is 10.7 Å². The number of nitrogens with two attached hydrogens (primary N) is 1. The molecule has 0 fully saturated rings. The van der Waals surface area contributed by atoms with Gasteiger partial charge in [-0.15, -0.1) is 0 Å². The molecule has 8 nitrogen and oxygen atoms in total. The van der Waals surface area contributed by atoms with Crippen molar-refractivity contribution >= 4 is 22.6 Å². The average Bonchev–Trinajstić information content (AvgIpc) is 2.61. The molecular formula is C17H17N3O5. The van der Waals surface area contributed by atoms with Crippen LogP contribution in [0.1, 0.15) is 11.1 Å². The van der Waals surface area contributed by atoms with Crippen LogP contribution in [0.5, 0.6) is 11.5 Å². The average molecular weight is 343 g/mol. The Morgan fingerprint density at radius 3 is 2.36 bits per heavy atom. The largest absolute Gasteiger partial charge is 0.493 e. The molecule has 0 aliphatic heterocycles. The summed E-state index contributed by atoms with van der Waals surface area (Å²) < 4.78 is 20.5. The third kappa shape index (κ3) is 2.99. The number of fused-ring (bicyclic) bond motifs is 1. The number of aryl methyl sites for hydroxylation is 1. The third-order valence-corrected chi connectivity index (χ3v) is 3.74. The number of hydrogen-bond acceptors (Lipinski definition) is 8. The number of carbonyl (C=O) groups is 1. The molecule has 0 saturated heterocycles. The summed E-state index contributed by atoms with van der Waals surface area (Å²) in [6.45, 7) is 1.70. The van der Waals surface area contributed by atoms with Gasteiger partial charge in [0.25, 0.3) is 0 Å². The molecule has 0 atom stereocenters. The first-order chi connectivity index (χ1) is 11.9. The van der Waals surface area contributed by atoms with Gasteiger partial charge in [0.05, 0.1) is 32.6 Å². The second-order valence-corrected chi connectivity index (χ2v) is 5.03. The molecule has 0 unspecified atom stereocenters. The van der Waals surface area contributed by atoms with E-state index in [-0.39, 0.29) is 16.8 Å². The fourth-order valence-corrected chi connectivity index (χ4v) is 2.47. The van der Waals surface area contributed by atoms with Gasteiger partial charge in [-0.1, -0.05) is 0 Å². The highest BCUT2D eigenvalue weighted by molar-refractivity contribution is 6.02. The number of nitriles is 1. The lowest BCUT2D eigenvalue weighted by atomic mass is 10.0. The van der Waals surface area contributed by atoms with Crippen LogP contribution in [0.4, 0.5) is 0 Å². The molecule has 1 aromatic heterocycles. The van der Waals surface area contributed by atoms with E-state index >= 15 is 0 Å². The van der Waals surface area contributed by atoms with Crippen LogP contribution in [0.2, 0.25) is 0 Å². The number of carbonyl (C=O) groups excluding carboxylic acids is 1. The van der Waals surface area contributed by atoms with Gasteiger partial charge < -0.3 is 24.4 Å². The first-order valence-corrected chi connectivity index (χ1v) is 7.12. The number of methoxy groups -OCH3 is 3. The summed E-state index contributed by atoms with van der Waals surface area (Å²) >= 11 is 0. The van der Waals surface area contributed by atoms with E-state index in [0.717, 1.165) is 7.11 Å². The number of benzene rings is 1. The van der Waals surface area contributed by atoms with Crippen molar-refractivity contribution < 1.29 is 23.4 Å². The zero-order valence-electron chi connectivity index (χ0n) is 14.2. The summed E-state index contributed by atoms with van der Waals surface area (Å²) in [6, 6.07) is 4.97. The minimum absolute atomic E-state index is 0.140. The van der Waals surface area contributed by atoms with Crippen LogP contribution in [0, 0.1) is 23.7 Å². The molecule has 2 rings (SSSR count). The van der Waals surface area contributed by atoms with Crippen molar-refractivity contribution in [1.82, 2.24) is 0 Å². The minimum Gasteiger partial charge on any atom is -0.493 e. The van der Waals surface area contributed by atoms with Gasteiger partial charge in [-0.25, -0.2) is 4.79 Å². The Balaban J connectivity index is 2.88. The van der Waals surface area contributed by atoms with E-state index < -0.39 is 11.5 Å². The first kappa shape index (κ1) is 17.9. The van der Waals surface area contributed by atoms with Gasteiger partial charge in [0.15, 0.2) is 17.1 Å². The molecule has 0 bridgehead atoms. The Kier molecular flexibility index (Phi) is 4.98. The lowest BCUT2D eigenvalue weighted by Crippen LogP contribution is -2.18. The molecular weight excluding hydrogens is 326 g/mol. The molecule has 0 radical (unpaired) electrons. The van der Waals surface area contributed by atoms with Gasteiger partial charge in [-0.2, -0.15) is 5.26 Å². The molecule has 0 aliphatic rings. The lowest BCUT2D eigenvalue weighted by Gasteiger charge is -2.13. The van der Waals surface area contributed by atoms with Crippen LogP contribution >= 0.6 is 0 Å². The lowest BCUT2D eigenvalue weighted by molar-refractivity contribution is -0.135. The maximum absolute atomic E-state index is 11.7. The van der Waals surface area contributed by atoms with Crippen molar-refractivity contribution in [2.75, 3.05) is 21.3 Å². The van der Waals surface area contributed by atoms with Gasteiger partial charge in [-0.3, -0.25) is 5.41 Å². The zero-order valence-corrected chi connectivity index (χ0v) is 14.2. The second kappa shape index (κ2) is 6.97. The van der Waals surface area contributed by atoms with Crippen LogP contribution in [0.3, 0.4) is 0 Å². The fourth-order valence-electron chi connectivity index (χ4n) is 2.47. The molecule has 8 heteroatoms. The Hall–Kier alpha value is -3.47. The van der Waals surface area contributed by atoms with E-state index in [0.29, 0.717) is 28.0 Å². The predicted octanol–water partition coefficient (Wildman–Crippen LogP) is 1.60. The summed E-state index contributed by atoms with van der Waals surface area (Å²) in [4.78, 5) is 11.7. The molecule has 0 aliphatic carbocycles. The molecule has 25 heavy (non-hydrogen) atoms. The highest BCUT2D eigenvalue weighted by atomic mass is 16.5. The van der Waals surface area contributed by atoms with Gasteiger partial charge in [0.2, 0.25) is 5.55 Å². The zero-order chi connectivity index (χ0) is 18.7. The number of nitrogens with zero attached hydrogens (tertiary/aromatic N) is 1. The van der Waals surface area contributed by atoms with Crippen molar-refractivity contribution in [3.63, 3.8) is 0 Å². The highest BCUT2D eigenvalue weighted by Gasteiger charge is 2.21. The number of nitrogens with one attached hydrogen (secondary N) is 1. The maximum atomic E-state index is 11.7. The van der Waals surface area contributed by atoms with Crippen LogP contribution in [-0.4, -0.2) is 27.3 Å². The van der Waals surface area contributed by atoms with E-state index in [2.05, 4.69) is 4.74 Å². The Bertz CT molecular complexity index is 982. The SMILES string of the molecule is COC(=O)/C(C#N)=C(\N)c1c(C)c2cc(OC)c(OC)cc2oc1=N. The number of rotatable bonds is 4. The number of hydrogen-bond donors (Lipinski definition) is 2. The molecule has 130 valence electrons. The van der Waals surface area contributed by atoms with Crippen LogP contribution in [-0.2, 0) is 9.53 Å². The van der Waals surface area contributed by atoms with Crippen molar-refractivity contribution in [2.24, 2.45) is 5.73 Å². The molecule has 2 aromatic rings. The van der Waals surface area contributed by atoms with Crippen LogP contribution in [0.25, 0.3) is 16.7 Å². The number of ether oxygens (including phenoxy) is 3. The van der Waals surface area contributed by atoms with Crippen molar-refractivity contribution in [3.8, 4) is 17.6 Å². The quantitative estimate of drug-likeness (QED) is 0.489. The van der Waals surface area contributed by atoms with Gasteiger partial charge in [0.1, 0.15) is 11.7 Å². The summed E-state index contributed by atoms with van der Waals surface area (Å²) in [5.41, 5.74) is 6.18. The monoisotopic (exact) mass is 343 g/mol. The van der Waals surface area contributed by atoms with E-state index in [1.165, 1.54) is 14.2 Å². The van der Waals surface area contributed by atoms with Crippen molar-refractivity contribution in [2.45, 2.75) is 6.92 Å². The summed E-state index contributed by atoms with van der Waals surface area (Å²) in [5.74, 6) is 0.0281. The maximum Gasteiger partial charge on any atom is 0.350 e. The third-order valence-electron chi connectivity index (χ3n) is 3.74. The highest BCUT2D eigenvalue weighted by Crippen LogP contribution is 2.34. The van der Waals surface area contributed by atoms with E-state index in [1.54, 1.807) is 25.1 Å². The predicted molar refractivity (Wildman–Crippen MR) is 88.6 cm³/mol. The smallest absolute Gasteiger partial charge is 0.350 e. The molecule has 3 N–H and O–H groups in total. The molecule has 1 heterocycles. The Morgan fingerprint density at radius 1 is 1.24 bits per heavy atom. The van der Waals surface area contributed by atoms with Crippen LogP contribution < -0.4 is 20.8 Å². The van der Waals surface area contributed by atoms with Crippen LogP contribution in [0.15, 0.2) is 22.1 Å². The van der Waals surface area contributed by atoms with E-state index in [4.69, 9.17) is 25.0 Å². The van der Waals surface area contributed by atoms with Gasteiger partial charge in [0, 0.05) is 11.5 Å². The molecule has 1 aromatic carbocycles. The standard InChI is InChI=1S/C17H17N3O5/c1-8-9-5-12(22-2)13(23-3)6-11(9)25-16(20)14(8)15(19)10(7-18)17(21)24-4/h5-6,20H,19H2,1-4H3/b15-10-,20-16?. The number of esters is 1. The fraction of sp³-hybridized carbons (Fsp3) is 0.235. The van der Waals surface area contributed by atoms with Crippen molar-refractivity contribution in [3.05, 3.63) is 34.4 Å². The van der Waals surface area contributed by atoms with E-state index in [9.17, 15) is 10.1 Å². The summed E-state index contributed by atoms with van der Waals surface area (Å²) in [7, 11) is 4.13. The topological polar surface area (TPSA) is 132 Å². The minimum atomic E-state index is -0.883. The van der Waals surface area contributed by atoms with E-state index in [1.807, 2.05) is 0 Å². The molecule has 0 amide bonds. The second-order valence-electron chi connectivity index (χ2n) is 5.03. The van der Waals surface area contributed by atoms with Gasteiger partial charge in [-0.05, 0) is 18.6 Å². The normalized spacial score (nSPS) is 11.5. The van der Waals surface area contributed by atoms with Gasteiger partial charge >= 0.3 is 5.97 Å². The summed E-state index contributed by atoms with van der Waals surface area (Å²) in [6.07, 6.45) is 0. The molecule has 0 saturated carbocycles. The molecule has 0 spiro atoms. The Morgan fingerprint density at radius 2 is 1.84 bits per heavy atom.